The summed E-state index contributed by atoms with van der Waals surface area (Å²) in [7, 11) is 0. The van der Waals surface area contributed by atoms with E-state index in [9.17, 15) is 4.39 Å². The van der Waals surface area contributed by atoms with Gasteiger partial charge in [-0.1, -0.05) is 24.3 Å². The maximum atomic E-state index is 13.3. The van der Waals surface area contributed by atoms with Crippen molar-refractivity contribution in [2.45, 2.75) is 13.8 Å². The Hall–Kier alpha value is -2.79. The number of aryl methyl sites for hydroxylation is 2. The second kappa shape index (κ2) is 6.26. The second-order valence-corrected chi connectivity index (χ2v) is 7.14. The Bertz CT molecular complexity index is 1050. The molecule has 0 atom stereocenters. The first-order valence-corrected chi connectivity index (χ1v) is 8.77. The van der Waals surface area contributed by atoms with Gasteiger partial charge in [-0.3, -0.25) is 0 Å². The molecule has 4 rings (SSSR count). The topological polar surface area (TPSA) is 37.8 Å². The van der Waals surface area contributed by atoms with Crippen LogP contribution in [0.5, 0.6) is 0 Å². The second-order valence-electron chi connectivity index (χ2n) is 5.94. The van der Waals surface area contributed by atoms with E-state index in [1.165, 1.54) is 17.7 Å². The van der Waals surface area contributed by atoms with Crippen LogP contribution in [-0.2, 0) is 0 Å². The molecule has 1 N–H and O–H groups in total. The number of aromatic nitrogens is 2. The molecule has 2 aromatic carbocycles. The average molecular weight is 349 g/mol. The fraction of sp³-hybridized carbons (Fsp3) is 0.100. The van der Waals surface area contributed by atoms with Crippen LogP contribution in [0.4, 0.5) is 15.9 Å². The molecule has 0 aliphatic carbocycles. The lowest BCUT2D eigenvalue weighted by Gasteiger charge is -2.09. The largest absolute Gasteiger partial charge is 0.340 e. The number of halogens is 1. The highest BCUT2D eigenvalue weighted by Crippen LogP contribution is 2.40. The van der Waals surface area contributed by atoms with Crippen LogP contribution in [0.15, 0.2) is 54.9 Å². The molecule has 4 aromatic rings. The van der Waals surface area contributed by atoms with Gasteiger partial charge in [0.25, 0.3) is 0 Å². The monoisotopic (exact) mass is 349 g/mol. The van der Waals surface area contributed by atoms with Crippen LogP contribution >= 0.6 is 11.3 Å². The van der Waals surface area contributed by atoms with Crippen molar-refractivity contribution in [1.29, 1.82) is 0 Å². The number of hydrogen-bond acceptors (Lipinski definition) is 4. The molecule has 0 saturated heterocycles. The van der Waals surface area contributed by atoms with Gasteiger partial charge in [-0.2, -0.15) is 0 Å². The van der Waals surface area contributed by atoms with Gasteiger partial charge in [0.05, 0.1) is 5.39 Å². The van der Waals surface area contributed by atoms with Crippen LogP contribution < -0.4 is 5.32 Å². The third-order valence-corrected chi connectivity index (χ3v) is 5.09. The predicted octanol–water partition coefficient (Wildman–Crippen LogP) is 5.86. The molecule has 0 spiro atoms. The summed E-state index contributed by atoms with van der Waals surface area (Å²) in [5.41, 5.74) is 4.17. The fourth-order valence-electron chi connectivity index (χ4n) is 2.96. The summed E-state index contributed by atoms with van der Waals surface area (Å²) in [6.07, 6.45) is 1.57. The van der Waals surface area contributed by atoms with Gasteiger partial charge in [0.2, 0.25) is 0 Å². The minimum atomic E-state index is -0.240. The Balaban J connectivity index is 1.89. The smallest absolute Gasteiger partial charge is 0.143 e. The Morgan fingerprint density at radius 2 is 1.80 bits per heavy atom. The van der Waals surface area contributed by atoms with Gasteiger partial charge in [0.1, 0.15) is 22.8 Å². The van der Waals surface area contributed by atoms with Crippen molar-refractivity contribution in [3.8, 4) is 11.1 Å². The summed E-state index contributed by atoms with van der Waals surface area (Å²) in [6.45, 7) is 4.11. The Morgan fingerprint density at radius 3 is 2.56 bits per heavy atom. The van der Waals surface area contributed by atoms with Crippen molar-refractivity contribution in [3.05, 3.63) is 71.1 Å². The first kappa shape index (κ1) is 15.7. The van der Waals surface area contributed by atoms with Gasteiger partial charge in [-0.15, -0.1) is 11.3 Å². The number of fused-ring (bicyclic) bond motifs is 1. The van der Waals surface area contributed by atoms with E-state index < -0.39 is 0 Å². The number of anilines is 2. The van der Waals surface area contributed by atoms with Crippen LogP contribution in [0.2, 0.25) is 0 Å². The molecule has 0 unspecified atom stereocenters. The van der Waals surface area contributed by atoms with E-state index in [1.807, 2.05) is 12.1 Å². The van der Waals surface area contributed by atoms with Crippen molar-refractivity contribution in [2.24, 2.45) is 0 Å². The molecule has 0 aliphatic heterocycles. The van der Waals surface area contributed by atoms with E-state index in [4.69, 9.17) is 0 Å². The highest BCUT2D eigenvalue weighted by atomic mass is 32.1. The van der Waals surface area contributed by atoms with E-state index in [0.29, 0.717) is 0 Å². The third kappa shape index (κ3) is 2.98. The number of nitrogens with zero attached hydrogens (tertiary/aromatic N) is 2. The van der Waals surface area contributed by atoms with E-state index in [0.717, 1.165) is 37.7 Å². The first-order chi connectivity index (χ1) is 12.1. The molecule has 3 nitrogen and oxygen atoms in total. The lowest BCUT2D eigenvalue weighted by Crippen LogP contribution is -1.96. The van der Waals surface area contributed by atoms with Gasteiger partial charge in [0.15, 0.2) is 0 Å². The first-order valence-electron chi connectivity index (χ1n) is 7.95. The Morgan fingerprint density at radius 1 is 1.00 bits per heavy atom. The van der Waals surface area contributed by atoms with E-state index >= 15 is 0 Å². The van der Waals surface area contributed by atoms with Gasteiger partial charge in [0, 0.05) is 16.1 Å². The van der Waals surface area contributed by atoms with Crippen molar-refractivity contribution in [1.82, 2.24) is 9.97 Å². The Labute approximate surface area is 149 Å². The molecule has 0 saturated carbocycles. The number of rotatable bonds is 3. The van der Waals surface area contributed by atoms with Gasteiger partial charge in [-0.25, -0.2) is 14.4 Å². The highest BCUT2D eigenvalue weighted by molar-refractivity contribution is 7.19. The molecule has 25 heavy (non-hydrogen) atoms. The molecule has 2 aromatic heterocycles. The lowest BCUT2D eigenvalue weighted by atomic mass is 10.0. The van der Waals surface area contributed by atoms with Crippen LogP contribution in [-0.4, -0.2) is 9.97 Å². The molecule has 2 heterocycles. The summed E-state index contributed by atoms with van der Waals surface area (Å²) in [5, 5.41) is 4.37. The molecule has 0 fully saturated rings. The highest BCUT2D eigenvalue weighted by Gasteiger charge is 2.17. The van der Waals surface area contributed by atoms with Crippen molar-refractivity contribution in [2.75, 3.05) is 5.32 Å². The zero-order valence-corrected chi connectivity index (χ0v) is 14.7. The van der Waals surface area contributed by atoms with Crippen molar-refractivity contribution in [3.63, 3.8) is 0 Å². The molecular weight excluding hydrogens is 333 g/mol. The minimum absolute atomic E-state index is 0.240. The van der Waals surface area contributed by atoms with Gasteiger partial charge < -0.3 is 5.32 Å². The van der Waals surface area contributed by atoms with Gasteiger partial charge >= 0.3 is 0 Å². The number of benzene rings is 2. The quantitative estimate of drug-likeness (QED) is 0.503. The summed E-state index contributed by atoms with van der Waals surface area (Å²) < 4.78 is 13.3. The molecule has 0 radical (unpaired) electrons. The van der Waals surface area contributed by atoms with E-state index in [2.05, 4.69) is 41.3 Å². The standard InChI is InChI=1S/C20H16FN3S/c1-12-4-3-5-16(10-12)24-19-18-17(14-6-8-15(21)9-7-14)13(2)25-20(18)23-11-22-19/h3-11H,1-2H3,(H,22,23,24). The third-order valence-electron chi connectivity index (χ3n) is 4.08. The Kier molecular flexibility index (Phi) is 3.93. The number of hydrogen-bond donors (Lipinski definition) is 1. The summed E-state index contributed by atoms with van der Waals surface area (Å²) in [6, 6.07) is 14.7. The maximum Gasteiger partial charge on any atom is 0.143 e. The van der Waals surface area contributed by atoms with Crippen molar-refractivity contribution < 1.29 is 4.39 Å². The lowest BCUT2D eigenvalue weighted by molar-refractivity contribution is 0.628. The fourth-order valence-corrected chi connectivity index (χ4v) is 3.98. The molecular formula is C20H16FN3S. The summed E-state index contributed by atoms with van der Waals surface area (Å²) >= 11 is 1.62. The number of nitrogens with one attached hydrogen (secondary N) is 1. The SMILES string of the molecule is Cc1cccc(Nc2ncnc3sc(C)c(-c4ccc(F)cc4)c23)c1. The molecule has 0 bridgehead atoms. The number of thiophene rings is 1. The summed E-state index contributed by atoms with van der Waals surface area (Å²) in [4.78, 5) is 10.9. The predicted molar refractivity (Wildman–Crippen MR) is 102 cm³/mol. The molecule has 5 heteroatoms. The van der Waals surface area contributed by atoms with Crippen LogP contribution in [0, 0.1) is 19.7 Å². The van der Waals surface area contributed by atoms with Crippen molar-refractivity contribution >= 4 is 33.1 Å². The van der Waals surface area contributed by atoms with E-state index in [-0.39, 0.29) is 5.82 Å². The van der Waals surface area contributed by atoms with E-state index in [1.54, 1.807) is 29.8 Å². The minimum Gasteiger partial charge on any atom is -0.340 e. The summed E-state index contributed by atoms with van der Waals surface area (Å²) in [5.74, 6) is 0.523. The normalized spacial score (nSPS) is 11.0. The molecule has 124 valence electrons. The zero-order valence-electron chi connectivity index (χ0n) is 13.9. The van der Waals surface area contributed by atoms with Crippen LogP contribution in [0.3, 0.4) is 0 Å². The van der Waals surface area contributed by atoms with Crippen LogP contribution in [0.1, 0.15) is 10.4 Å². The maximum absolute atomic E-state index is 13.3. The molecule has 0 aliphatic rings. The average Bonchev–Trinajstić information content (AvgIpc) is 2.93. The van der Waals surface area contributed by atoms with Gasteiger partial charge in [-0.05, 0) is 49.2 Å². The zero-order chi connectivity index (χ0) is 17.4. The van der Waals surface area contributed by atoms with Crippen LogP contribution in [0.25, 0.3) is 21.3 Å². The molecule has 0 amide bonds.